The number of alkyl halides is 1. The van der Waals surface area contributed by atoms with Gasteiger partial charge in [0.25, 0.3) is 0 Å². The van der Waals surface area contributed by atoms with Crippen LogP contribution in [-0.4, -0.2) is 11.4 Å². The maximum Gasteiger partial charge on any atom is 0.104 e. The molecule has 0 N–H and O–H groups in total. The molecule has 0 aromatic heterocycles. The summed E-state index contributed by atoms with van der Waals surface area (Å²) in [5, 5.41) is 0. The van der Waals surface area contributed by atoms with Gasteiger partial charge in [-0.1, -0.05) is 18.2 Å². The van der Waals surface area contributed by atoms with Gasteiger partial charge >= 0.3 is 0 Å². The van der Waals surface area contributed by atoms with E-state index in [9.17, 15) is 4.39 Å². The SMILES string of the molecule is CC(C)(CF)Sc1ccccc1. The van der Waals surface area contributed by atoms with Crippen molar-refractivity contribution < 1.29 is 4.39 Å². The lowest BCUT2D eigenvalue weighted by Gasteiger charge is -2.19. The van der Waals surface area contributed by atoms with Crippen LogP contribution < -0.4 is 0 Å². The van der Waals surface area contributed by atoms with Crippen LogP contribution in [0.1, 0.15) is 13.8 Å². The van der Waals surface area contributed by atoms with Gasteiger partial charge in [-0.05, 0) is 26.0 Å². The predicted octanol–water partition coefficient (Wildman–Crippen LogP) is 3.53. The van der Waals surface area contributed by atoms with Crippen molar-refractivity contribution in [2.24, 2.45) is 0 Å². The summed E-state index contributed by atoms with van der Waals surface area (Å²) in [5.41, 5.74) is 0. The maximum absolute atomic E-state index is 12.4. The number of rotatable bonds is 3. The number of thioether (sulfide) groups is 1. The van der Waals surface area contributed by atoms with Gasteiger partial charge < -0.3 is 0 Å². The summed E-state index contributed by atoms with van der Waals surface area (Å²) in [4.78, 5) is 1.13. The third-order valence-corrected chi connectivity index (χ3v) is 2.63. The van der Waals surface area contributed by atoms with E-state index >= 15 is 0 Å². The summed E-state index contributed by atoms with van der Waals surface area (Å²) in [5.74, 6) is 0. The number of halogens is 1. The van der Waals surface area contributed by atoms with Gasteiger partial charge in [0.1, 0.15) is 6.67 Å². The third kappa shape index (κ3) is 2.86. The van der Waals surface area contributed by atoms with Crippen LogP contribution in [0.15, 0.2) is 35.2 Å². The Morgan fingerprint density at radius 2 is 1.83 bits per heavy atom. The molecule has 1 aromatic rings. The first-order valence-electron chi connectivity index (χ1n) is 3.94. The lowest BCUT2D eigenvalue weighted by Crippen LogP contribution is -2.16. The molecule has 0 nitrogen and oxygen atoms in total. The Morgan fingerprint density at radius 1 is 1.25 bits per heavy atom. The summed E-state index contributed by atoms with van der Waals surface area (Å²) in [6.45, 7) is 3.52. The van der Waals surface area contributed by atoms with Crippen LogP contribution in [0, 0.1) is 0 Å². The Kier molecular flexibility index (Phi) is 3.15. The van der Waals surface area contributed by atoms with Gasteiger partial charge in [-0.3, -0.25) is 0 Å². The van der Waals surface area contributed by atoms with Crippen LogP contribution >= 0.6 is 11.8 Å². The fourth-order valence-corrected chi connectivity index (χ4v) is 1.82. The smallest absolute Gasteiger partial charge is 0.104 e. The van der Waals surface area contributed by atoms with E-state index < -0.39 is 0 Å². The fourth-order valence-electron chi connectivity index (χ4n) is 0.835. The average Bonchev–Trinajstić information content (AvgIpc) is 2.06. The van der Waals surface area contributed by atoms with Gasteiger partial charge in [0.15, 0.2) is 0 Å². The first kappa shape index (κ1) is 9.59. The summed E-state index contributed by atoms with van der Waals surface area (Å²) in [7, 11) is 0. The normalized spacial score (nSPS) is 11.6. The van der Waals surface area contributed by atoms with E-state index in [2.05, 4.69) is 0 Å². The number of hydrogen-bond donors (Lipinski definition) is 0. The van der Waals surface area contributed by atoms with Gasteiger partial charge in [-0.15, -0.1) is 11.8 Å². The minimum atomic E-state index is -0.304. The fraction of sp³-hybridized carbons (Fsp3) is 0.400. The second-order valence-corrected chi connectivity index (χ2v) is 5.09. The van der Waals surface area contributed by atoms with E-state index in [0.29, 0.717) is 0 Å². The second kappa shape index (κ2) is 3.94. The maximum atomic E-state index is 12.4. The molecule has 0 saturated heterocycles. The molecular weight excluding hydrogens is 171 g/mol. The average molecular weight is 184 g/mol. The zero-order chi connectivity index (χ0) is 9.03. The van der Waals surface area contributed by atoms with E-state index in [1.807, 2.05) is 44.2 Å². The van der Waals surface area contributed by atoms with Crippen molar-refractivity contribution in [1.82, 2.24) is 0 Å². The molecule has 0 aliphatic carbocycles. The topological polar surface area (TPSA) is 0 Å². The first-order valence-corrected chi connectivity index (χ1v) is 4.76. The minimum Gasteiger partial charge on any atom is -0.250 e. The molecule has 0 aliphatic heterocycles. The Bertz CT molecular complexity index is 231. The number of hydrogen-bond acceptors (Lipinski definition) is 1. The zero-order valence-electron chi connectivity index (χ0n) is 7.38. The molecule has 0 spiro atoms. The minimum absolute atomic E-state index is 0.299. The molecule has 0 unspecified atom stereocenters. The monoisotopic (exact) mass is 184 g/mol. The van der Waals surface area contributed by atoms with Crippen LogP contribution in [0.25, 0.3) is 0 Å². The highest BCUT2D eigenvalue weighted by Gasteiger charge is 2.18. The van der Waals surface area contributed by atoms with E-state index in [4.69, 9.17) is 0 Å². The predicted molar refractivity (Wildman–Crippen MR) is 52.4 cm³/mol. The Morgan fingerprint density at radius 3 is 2.33 bits per heavy atom. The van der Waals surface area contributed by atoms with Crippen molar-refractivity contribution in [2.45, 2.75) is 23.5 Å². The lowest BCUT2D eigenvalue weighted by molar-refractivity contribution is 0.431. The lowest BCUT2D eigenvalue weighted by atomic mass is 10.2. The molecule has 0 radical (unpaired) electrons. The zero-order valence-corrected chi connectivity index (χ0v) is 8.20. The molecule has 12 heavy (non-hydrogen) atoms. The van der Waals surface area contributed by atoms with Crippen LogP contribution in [0.2, 0.25) is 0 Å². The van der Waals surface area contributed by atoms with E-state index in [1.54, 1.807) is 11.8 Å². The molecule has 0 bridgehead atoms. The van der Waals surface area contributed by atoms with Crippen LogP contribution in [0.3, 0.4) is 0 Å². The van der Waals surface area contributed by atoms with Crippen LogP contribution in [0.5, 0.6) is 0 Å². The second-order valence-electron chi connectivity index (χ2n) is 3.31. The van der Waals surface area contributed by atoms with Crippen LogP contribution in [-0.2, 0) is 0 Å². The summed E-state index contributed by atoms with van der Waals surface area (Å²) in [6, 6.07) is 9.91. The highest BCUT2D eigenvalue weighted by atomic mass is 32.2. The van der Waals surface area contributed by atoms with Crippen molar-refractivity contribution >= 4 is 11.8 Å². The molecule has 0 aliphatic rings. The van der Waals surface area contributed by atoms with Crippen molar-refractivity contribution in [3.05, 3.63) is 30.3 Å². The molecule has 0 saturated carbocycles. The standard InChI is InChI=1S/C10H13FS/c1-10(2,8-11)12-9-6-4-3-5-7-9/h3-7H,8H2,1-2H3. The van der Waals surface area contributed by atoms with Crippen molar-refractivity contribution in [2.75, 3.05) is 6.67 Å². The van der Waals surface area contributed by atoms with Gasteiger partial charge in [0.2, 0.25) is 0 Å². The Labute approximate surface area is 77.2 Å². The molecule has 0 amide bonds. The van der Waals surface area contributed by atoms with Crippen molar-refractivity contribution in [1.29, 1.82) is 0 Å². The van der Waals surface area contributed by atoms with Gasteiger partial charge in [0.05, 0.1) is 0 Å². The molecule has 0 atom stereocenters. The summed E-state index contributed by atoms with van der Waals surface area (Å²) in [6.07, 6.45) is 0. The third-order valence-electron chi connectivity index (χ3n) is 1.46. The van der Waals surface area contributed by atoms with Crippen molar-refractivity contribution in [3.63, 3.8) is 0 Å². The van der Waals surface area contributed by atoms with E-state index in [1.165, 1.54) is 0 Å². The Balaban J connectivity index is 2.64. The van der Waals surface area contributed by atoms with E-state index in [0.717, 1.165) is 4.90 Å². The molecule has 1 aromatic carbocycles. The highest BCUT2D eigenvalue weighted by Crippen LogP contribution is 2.32. The molecule has 0 fully saturated rings. The molecule has 0 heterocycles. The quantitative estimate of drug-likeness (QED) is 0.648. The Hall–Kier alpha value is -0.500. The molecule has 66 valence electrons. The van der Waals surface area contributed by atoms with Gasteiger partial charge in [0, 0.05) is 9.64 Å². The highest BCUT2D eigenvalue weighted by molar-refractivity contribution is 8.00. The van der Waals surface area contributed by atoms with Crippen LogP contribution in [0.4, 0.5) is 4.39 Å². The molecule has 2 heteroatoms. The number of benzene rings is 1. The van der Waals surface area contributed by atoms with Gasteiger partial charge in [-0.25, -0.2) is 4.39 Å². The van der Waals surface area contributed by atoms with Crippen molar-refractivity contribution in [3.8, 4) is 0 Å². The first-order chi connectivity index (χ1) is 5.64. The molecule has 1 rings (SSSR count). The largest absolute Gasteiger partial charge is 0.250 e. The van der Waals surface area contributed by atoms with Gasteiger partial charge in [-0.2, -0.15) is 0 Å². The van der Waals surface area contributed by atoms with E-state index in [-0.39, 0.29) is 11.4 Å². The molecular formula is C10H13FS. The summed E-state index contributed by atoms with van der Waals surface area (Å²) >= 11 is 1.57. The summed E-state index contributed by atoms with van der Waals surface area (Å²) < 4.78 is 12.1.